The van der Waals surface area contributed by atoms with Gasteiger partial charge in [-0.1, -0.05) is 20.8 Å². The smallest absolute Gasteiger partial charge is 0.0214 e. The summed E-state index contributed by atoms with van der Waals surface area (Å²) in [6.07, 6.45) is 3.72. The Morgan fingerprint density at radius 1 is 1.15 bits per heavy atom. The molecule has 0 aliphatic rings. The van der Waals surface area contributed by atoms with Gasteiger partial charge in [-0.3, -0.25) is 0 Å². The summed E-state index contributed by atoms with van der Waals surface area (Å²) in [5, 5.41) is 3.48. The molecule has 1 unspecified atom stereocenters. The molecule has 0 aliphatic heterocycles. The standard InChI is InChI=1S/C11H26N2/c1-5-8-12-10-11(7-3)13(4)9-6-2/h11-12H,5-10H2,1-4H3. The Kier molecular flexibility index (Phi) is 8.46. The van der Waals surface area contributed by atoms with E-state index < -0.39 is 0 Å². The third-order valence-corrected chi connectivity index (χ3v) is 2.48. The molecule has 13 heavy (non-hydrogen) atoms. The lowest BCUT2D eigenvalue weighted by Gasteiger charge is -2.26. The Morgan fingerprint density at radius 2 is 1.85 bits per heavy atom. The van der Waals surface area contributed by atoms with Gasteiger partial charge >= 0.3 is 0 Å². The molecule has 0 bridgehead atoms. The highest BCUT2D eigenvalue weighted by molar-refractivity contribution is 4.69. The van der Waals surface area contributed by atoms with Crippen LogP contribution >= 0.6 is 0 Å². The lowest BCUT2D eigenvalue weighted by atomic mass is 10.2. The third kappa shape index (κ3) is 6.05. The summed E-state index contributed by atoms with van der Waals surface area (Å²) in [5.41, 5.74) is 0. The quantitative estimate of drug-likeness (QED) is 0.584. The Morgan fingerprint density at radius 3 is 2.31 bits per heavy atom. The summed E-state index contributed by atoms with van der Waals surface area (Å²) in [7, 11) is 2.23. The molecule has 0 aromatic carbocycles. The fourth-order valence-corrected chi connectivity index (χ4v) is 1.59. The highest BCUT2D eigenvalue weighted by atomic mass is 15.1. The van der Waals surface area contributed by atoms with Crippen LogP contribution in [0.2, 0.25) is 0 Å². The molecule has 0 rings (SSSR count). The van der Waals surface area contributed by atoms with Crippen molar-refractivity contribution in [1.82, 2.24) is 10.2 Å². The van der Waals surface area contributed by atoms with Gasteiger partial charge in [-0.15, -0.1) is 0 Å². The Bertz CT molecular complexity index is 104. The third-order valence-electron chi connectivity index (χ3n) is 2.48. The molecule has 0 aliphatic carbocycles. The van der Waals surface area contributed by atoms with E-state index in [1.807, 2.05) is 0 Å². The Labute approximate surface area is 83.7 Å². The molecule has 2 heteroatoms. The molecule has 1 atom stereocenters. The van der Waals surface area contributed by atoms with Crippen LogP contribution in [0.5, 0.6) is 0 Å². The van der Waals surface area contributed by atoms with Gasteiger partial charge in [-0.05, 0) is 39.4 Å². The van der Waals surface area contributed by atoms with Crippen molar-refractivity contribution in [3.63, 3.8) is 0 Å². The molecule has 0 aromatic heterocycles. The van der Waals surface area contributed by atoms with Crippen molar-refractivity contribution in [1.29, 1.82) is 0 Å². The van der Waals surface area contributed by atoms with Gasteiger partial charge in [-0.2, -0.15) is 0 Å². The van der Waals surface area contributed by atoms with Crippen molar-refractivity contribution in [3.8, 4) is 0 Å². The molecule has 0 amide bonds. The molecule has 0 fully saturated rings. The molecule has 0 spiro atoms. The Balaban J connectivity index is 3.60. The van der Waals surface area contributed by atoms with Crippen molar-refractivity contribution < 1.29 is 0 Å². The topological polar surface area (TPSA) is 15.3 Å². The summed E-state index contributed by atoms with van der Waals surface area (Å²) in [6.45, 7) is 10.2. The summed E-state index contributed by atoms with van der Waals surface area (Å²) < 4.78 is 0. The first-order valence-electron chi connectivity index (χ1n) is 5.67. The molecule has 0 saturated carbocycles. The van der Waals surface area contributed by atoms with E-state index in [1.165, 1.54) is 25.8 Å². The summed E-state index contributed by atoms with van der Waals surface area (Å²) in [4.78, 5) is 2.46. The minimum Gasteiger partial charge on any atom is -0.315 e. The largest absolute Gasteiger partial charge is 0.315 e. The van der Waals surface area contributed by atoms with E-state index in [-0.39, 0.29) is 0 Å². The highest BCUT2D eigenvalue weighted by Crippen LogP contribution is 2.00. The summed E-state index contributed by atoms with van der Waals surface area (Å²) in [5.74, 6) is 0. The van der Waals surface area contributed by atoms with E-state index in [1.54, 1.807) is 0 Å². The maximum atomic E-state index is 3.48. The fourth-order valence-electron chi connectivity index (χ4n) is 1.59. The molecule has 0 radical (unpaired) electrons. The molecule has 0 aromatic rings. The summed E-state index contributed by atoms with van der Waals surface area (Å²) in [6, 6.07) is 0.714. The zero-order valence-electron chi connectivity index (χ0n) is 9.77. The van der Waals surface area contributed by atoms with Gasteiger partial charge in [0.2, 0.25) is 0 Å². The van der Waals surface area contributed by atoms with Crippen LogP contribution in [-0.2, 0) is 0 Å². The van der Waals surface area contributed by atoms with Gasteiger partial charge in [0.25, 0.3) is 0 Å². The van der Waals surface area contributed by atoms with Gasteiger partial charge in [0, 0.05) is 12.6 Å². The van der Waals surface area contributed by atoms with Crippen LogP contribution in [0.15, 0.2) is 0 Å². The van der Waals surface area contributed by atoms with E-state index in [2.05, 4.69) is 38.0 Å². The van der Waals surface area contributed by atoms with Crippen LogP contribution in [0.3, 0.4) is 0 Å². The molecular weight excluding hydrogens is 160 g/mol. The van der Waals surface area contributed by atoms with Crippen molar-refractivity contribution in [3.05, 3.63) is 0 Å². The lowest BCUT2D eigenvalue weighted by molar-refractivity contribution is 0.230. The van der Waals surface area contributed by atoms with E-state index in [0.29, 0.717) is 6.04 Å². The number of rotatable bonds is 8. The number of hydrogen-bond acceptors (Lipinski definition) is 2. The molecule has 0 saturated heterocycles. The predicted molar refractivity (Wildman–Crippen MR) is 60.2 cm³/mol. The van der Waals surface area contributed by atoms with Crippen molar-refractivity contribution in [2.75, 3.05) is 26.7 Å². The number of hydrogen-bond donors (Lipinski definition) is 1. The first kappa shape index (κ1) is 12.9. The minimum absolute atomic E-state index is 0.714. The molecule has 1 N–H and O–H groups in total. The second-order valence-corrected chi connectivity index (χ2v) is 3.75. The van der Waals surface area contributed by atoms with Crippen molar-refractivity contribution in [2.24, 2.45) is 0 Å². The normalized spacial score (nSPS) is 13.6. The predicted octanol–water partition coefficient (Wildman–Crippen LogP) is 2.11. The van der Waals surface area contributed by atoms with E-state index in [9.17, 15) is 0 Å². The van der Waals surface area contributed by atoms with Crippen LogP contribution < -0.4 is 5.32 Å². The number of nitrogens with zero attached hydrogens (tertiary/aromatic N) is 1. The molecule has 80 valence electrons. The van der Waals surface area contributed by atoms with E-state index >= 15 is 0 Å². The van der Waals surface area contributed by atoms with Gasteiger partial charge in [-0.25, -0.2) is 0 Å². The lowest BCUT2D eigenvalue weighted by Crippen LogP contribution is -2.40. The zero-order chi connectivity index (χ0) is 10.1. The fraction of sp³-hybridized carbons (Fsp3) is 1.00. The van der Waals surface area contributed by atoms with Gasteiger partial charge in [0.05, 0.1) is 0 Å². The van der Waals surface area contributed by atoms with Crippen molar-refractivity contribution in [2.45, 2.75) is 46.1 Å². The van der Waals surface area contributed by atoms with Crippen LogP contribution in [0.1, 0.15) is 40.0 Å². The minimum atomic E-state index is 0.714. The number of nitrogens with one attached hydrogen (secondary N) is 1. The maximum absolute atomic E-state index is 3.48. The molecule has 2 nitrogen and oxygen atoms in total. The molecule has 0 heterocycles. The zero-order valence-corrected chi connectivity index (χ0v) is 9.77. The maximum Gasteiger partial charge on any atom is 0.0214 e. The van der Waals surface area contributed by atoms with E-state index in [4.69, 9.17) is 0 Å². The van der Waals surface area contributed by atoms with Crippen molar-refractivity contribution >= 4 is 0 Å². The van der Waals surface area contributed by atoms with Crippen LogP contribution in [0.25, 0.3) is 0 Å². The monoisotopic (exact) mass is 186 g/mol. The van der Waals surface area contributed by atoms with Gasteiger partial charge in [0.1, 0.15) is 0 Å². The van der Waals surface area contributed by atoms with Gasteiger partial charge < -0.3 is 10.2 Å². The Hall–Kier alpha value is -0.0800. The SMILES string of the molecule is CCCNCC(CC)N(C)CCC. The first-order chi connectivity index (χ1) is 6.26. The summed E-state index contributed by atoms with van der Waals surface area (Å²) >= 11 is 0. The van der Waals surface area contributed by atoms with Crippen LogP contribution in [0, 0.1) is 0 Å². The second kappa shape index (κ2) is 8.52. The van der Waals surface area contributed by atoms with E-state index in [0.717, 1.165) is 13.1 Å². The van der Waals surface area contributed by atoms with Gasteiger partial charge in [0.15, 0.2) is 0 Å². The van der Waals surface area contributed by atoms with Crippen LogP contribution in [-0.4, -0.2) is 37.6 Å². The number of likely N-dealkylation sites (N-methyl/N-ethyl adjacent to an activating group) is 1. The average molecular weight is 186 g/mol. The molecular formula is C11H26N2. The second-order valence-electron chi connectivity index (χ2n) is 3.75. The highest BCUT2D eigenvalue weighted by Gasteiger charge is 2.10. The van der Waals surface area contributed by atoms with Crippen LogP contribution in [0.4, 0.5) is 0 Å². The first-order valence-corrected chi connectivity index (χ1v) is 5.67. The average Bonchev–Trinajstić information content (AvgIpc) is 2.13.